The number of thioether (sulfide) groups is 1. The van der Waals surface area contributed by atoms with Gasteiger partial charge in [-0.25, -0.2) is 4.79 Å². The smallest absolute Gasteiger partial charge is 0.326 e. The molecule has 4 atom stereocenters. The molecule has 11 heteroatoms. The second-order valence-electron chi connectivity index (χ2n) is 6.61. The number of nitrogens with one attached hydrogen (secondary N) is 2. The molecular weight excluding hydrogens is 384 g/mol. The van der Waals surface area contributed by atoms with E-state index in [1.54, 1.807) is 11.8 Å². The number of carbonyl (C=O) groups is 3. The molecule has 0 aromatic rings. The van der Waals surface area contributed by atoms with Crippen molar-refractivity contribution in [3.05, 3.63) is 0 Å². The Bertz CT molecular complexity index is 542. The third-order valence-corrected chi connectivity index (χ3v) is 4.97. The quantitative estimate of drug-likeness (QED) is 0.120. The highest BCUT2D eigenvalue weighted by atomic mass is 32.2. The zero-order valence-corrected chi connectivity index (χ0v) is 17.6. The number of rotatable bonds is 14. The Hall–Kier alpha value is -2.01. The molecule has 0 aliphatic carbocycles. The Morgan fingerprint density at radius 3 is 2.29 bits per heavy atom. The minimum absolute atomic E-state index is 0.0757. The molecule has 0 saturated heterocycles. The van der Waals surface area contributed by atoms with Crippen LogP contribution in [0.3, 0.4) is 0 Å². The Kier molecular flexibility index (Phi) is 13.0. The number of nitrogens with two attached hydrogens (primary N) is 3. The highest BCUT2D eigenvalue weighted by Gasteiger charge is 2.30. The molecule has 0 heterocycles. The van der Waals surface area contributed by atoms with Gasteiger partial charge >= 0.3 is 5.97 Å². The van der Waals surface area contributed by atoms with Crippen LogP contribution in [0.5, 0.6) is 0 Å². The number of hydrogen-bond donors (Lipinski definition) is 6. The van der Waals surface area contributed by atoms with Crippen molar-refractivity contribution in [2.75, 3.05) is 18.6 Å². The molecule has 162 valence electrons. The maximum absolute atomic E-state index is 12.7. The molecule has 10 nitrogen and oxygen atoms in total. The number of guanidine groups is 1. The van der Waals surface area contributed by atoms with Crippen molar-refractivity contribution in [2.24, 2.45) is 28.1 Å². The van der Waals surface area contributed by atoms with Gasteiger partial charge in [0.1, 0.15) is 12.1 Å². The average molecular weight is 419 g/mol. The van der Waals surface area contributed by atoms with E-state index in [2.05, 4.69) is 15.6 Å². The van der Waals surface area contributed by atoms with E-state index >= 15 is 0 Å². The van der Waals surface area contributed by atoms with Crippen LogP contribution in [0.25, 0.3) is 0 Å². The van der Waals surface area contributed by atoms with E-state index in [9.17, 15) is 19.5 Å². The molecule has 2 amide bonds. The summed E-state index contributed by atoms with van der Waals surface area (Å²) in [7, 11) is 0. The van der Waals surface area contributed by atoms with Gasteiger partial charge in [-0.1, -0.05) is 20.3 Å². The van der Waals surface area contributed by atoms with Crippen molar-refractivity contribution in [1.82, 2.24) is 10.6 Å². The van der Waals surface area contributed by atoms with Gasteiger partial charge in [0, 0.05) is 6.54 Å². The fraction of sp³-hybridized carbons (Fsp3) is 0.765. The highest BCUT2D eigenvalue weighted by molar-refractivity contribution is 7.98. The summed E-state index contributed by atoms with van der Waals surface area (Å²) in [6.45, 7) is 3.96. The van der Waals surface area contributed by atoms with Crippen LogP contribution in [0.1, 0.15) is 39.5 Å². The molecule has 0 radical (unpaired) electrons. The summed E-state index contributed by atoms with van der Waals surface area (Å²) in [5.74, 6) is -1.67. The van der Waals surface area contributed by atoms with Crippen LogP contribution in [0.4, 0.5) is 0 Å². The summed E-state index contributed by atoms with van der Waals surface area (Å²) in [6, 6.07) is -2.69. The van der Waals surface area contributed by atoms with Gasteiger partial charge in [-0.3, -0.25) is 14.6 Å². The van der Waals surface area contributed by atoms with E-state index in [0.717, 1.165) is 5.75 Å². The Labute approximate surface area is 170 Å². The molecule has 0 unspecified atom stereocenters. The standard InChI is InChI=1S/C17H34N6O4S/c1-4-10(2)13(23-14(24)11(18)7-9-28-3)15(25)22-12(16(26)27)6-5-8-21-17(19)20/h10-13H,4-9,18H2,1-3H3,(H,22,25)(H,23,24)(H,26,27)(H4,19,20,21)/t10-,11-,12-,13-/m0/s1. The molecule has 0 aliphatic heterocycles. The van der Waals surface area contributed by atoms with Gasteiger partial charge in [-0.15, -0.1) is 0 Å². The lowest BCUT2D eigenvalue weighted by molar-refractivity contribution is -0.142. The van der Waals surface area contributed by atoms with Crippen molar-refractivity contribution in [3.63, 3.8) is 0 Å². The molecule has 0 rings (SSSR count). The second-order valence-corrected chi connectivity index (χ2v) is 7.59. The van der Waals surface area contributed by atoms with Crippen LogP contribution in [-0.4, -0.2) is 65.5 Å². The van der Waals surface area contributed by atoms with E-state index < -0.39 is 35.9 Å². The Morgan fingerprint density at radius 2 is 1.79 bits per heavy atom. The van der Waals surface area contributed by atoms with Gasteiger partial charge in [0.15, 0.2) is 5.96 Å². The topological polar surface area (TPSA) is 186 Å². The summed E-state index contributed by atoms with van der Waals surface area (Å²) in [4.78, 5) is 40.2. The summed E-state index contributed by atoms with van der Waals surface area (Å²) in [5.41, 5.74) is 16.3. The summed E-state index contributed by atoms with van der Waals surface area (Å²) in [6.07, 6.45) is 3.58. The van der Waals surface area contributed by atoms with Crippen molar-refractivity contribution in [3.8, 4) is 0 Å². The second kappa shape index (κ2) is 14.1. The predicted molar refractivity (Wildman–Crippen MR) is 112 cm³/mol. The van der Waals surface area contributed by atoms with Gasteiger partial charge in [0.25, 0.3) is 0 Å². The van der Waals surface area contributed by atoms with Crippen LogP contribution in [0.15, 0.2) is 4.99 Å². The van der Waals surface area contributed by atoms with Gasteiger partial charge in [0.2, 0.25) is 11.8 Å². The maximum atomic E-state index is 12.7. The van der Waals surface area contributed by atoms with Crippen LogP contribution < -0.4 is 27.8 Å². The first-order valence-corrected chi connectivity index (χ1v) is 10.7. The zero-order valence-electron chi connectivity index (χ0n) is 16.8. The molecule has 0 bridgehead atoms. The van der Waals surface area contributed by atoms with E-state index in [1.165, 1.54) is 0 Å². The fourth-order valence-corrected chi connectivity index (χ4v) is 2.85. The van der Waals surface area contributed by atoms with E-state index in [4.69, 9.17) is 17.2 Å². The molecule has 0 fully saturated rings. The Balaban J connectivity index is 4.98. The minimum atomic E-state index is -1.16. The highest BCUT2D eigenvalue weighted by Crippen LogP contribution is 2.10. The third-order valence-electron chi connectivity index (χ3n) is 4.32. The molecule has 0 aromatic carbocycles. The summed E-state index contributed by atoms with van der Waals surface area (Å²) < 4.78 is 0. The number of carbonyl (C=O) groups excluding carboxylic acids is 2. The molecular formula is C17H34N6O4S. The lowest BCUT2D eigenvalue weighted by atomic mass is 9.97. The maximum Gasteiger partial charge on any atom is 0.326 e. The number of carboxylic acid groups (broad SMARTS) is 1. The average Bonchev–Trinajstić information content (AvgIpc) is 2.64. The summed E-state index contributed by atoms with van der Waals surface area (Å²) in [5, 5.41) is 14.5. The largest absolute Gasteiger partial charge is 0.480 e. The van der Waals surface area contributed by atoms with E-state index in [0.29, 0.717) is 19.3 Å². The molecule has 28 heavy (non-hydrogen) atoms. The van der Waals surface area contributed by atoms with Gasteiger partial charge in [-0.2, -0.15) is 11.8 Å². The number of hydrogen-bond acceptors (Lipinski definition) is 6. The van der Waals surface area contributed by atoms with Crippen molar-refractivity contribution < 1.29 is 19.5 Å². The number of carboxylic acids is 1. The van der Waals surface area contributed by atoms with Crippen LogP contribution in [0.2, 0.25) is 0 Å². The lowest BCUT2D eigenvalue weighted by Gasteiger charge is -2.26. The van der Waals surface area contributed by atoms with Crippen molar-refractivity contribution in [1.29, 1.82) is 0 Å². The first kappa shape index (κ1) is 26.0. The van der Waals surface area contributed by atoms with Crippen LogP contribution in [-0.2, 0) is 14.4 Å². The number of aliphatic imine (C=N–C) groups is 1. The molecule has 0 saturated carbocycles. The third kappa shape index (κ3) is 10.4. The normalized spacial score (nSPS) is 15.0. The monoisotopic (exact) mass is 418 g/mol. The Morgan fingerprint density at radius 1 is 1.14 bits per heavy atom. The first-order chi connectivity index (χ1) is 13.1. The number of amides is 2. The van der Waals surface area contributed by atoms with Gasteiger partial charge in [0.05, 0.1) is 6.04 Å². The molecule has 9 N–H and O–H groups in total. The number of nitrogens with zero attached hydrogens (tertiary/aromatic N) is 1. The molecule has 0 spiro atoms. The SMILES string of the molecule is CC[C@H](C)[C@H](NC(=O)[C@@H](N)CCSC)C(=O)N[C@@H](CCCN=C(N)N)C(=O)O. The first-order valence-electron chi connectivity index (χ1n) is 9.27. The summed E-state index contributed by atoms with van der Waals surface area (Å²) >= 11 is 1.58. The minimum Gasteiger partial charge on any atom is -0.480 e. The zero-order chi connectivity index (χ0) is 21.7. The van der Waals surface area contributed by atoms with Gasteiger partial charge in [-0.05, 0) is 37.2 Å². The number of aliphatic carboxylic acids is 1. The van der Waals surface area contributed by atoms with Crippen molar-refractivity contribution >= 4 is 35.5 Å². The van der Waals surface area contributed by atoms with E-state index in [-0.39, 0.29) is 24.8 Å². The van der Waals surface area contributed by atoms with Crippen molar-refractivity contribution in [2.45, 2.75) is 57.7 Å². The van der Waals surface area contributed by atoms with Gasteiger partial charge < -0.3 is 32.9 Å². The molecule has 0 aromatic heterocycles. The van der Waals surface area contributed by atoms with Crippen LogP contribution >= 0.6 is 11.8 Å². The van der Waals surface area contributed by atoms with Crippen LogP contribution in [0, 0.1) is 5.92 Å². The van der Waals surface area contributed by atoms with E-state index in [1.807, 2.05) is 20.1 Å². The molecule has 0 aliphatic rings. The predicted octanol–water partition coefficient (Wildman–Crippen LogP) is -0.779. The fourth-order valence-electron chi connectivity index (χ4n) is 2.36. The lowest BCUT2D eigenvalue weighted by Crippen LogP contribution is -2.56.